The van der Waals surface area contributed by atoms with E-state index in [4.69, 9.17) is 4.42 Å². The van der Waals surface area contributed by atoms with Crippen molar-refractivity contribution >= 4 is 28.0 Å². The molecule has 1 aliphatic rings. The molecule has 160 valence electrons. The number of methoxy groups -OCH3 is 1. The molecule has 1 aliphatic heterocycles. The number of carbonyl (C=O) groups is 2. The van der Waals surface area contributed by atoms with E-state index in [9.17, 15) is 18.0 Å². The SMILES string of the molecule is COC(=O)c1ccc(S(=O)(=O)NCC2CCN(C(=O)C=Cc3ccco3)CC2)cc1. The lowest BCUT2D eigenvalue weighted by Gasteiger charge is -2.31. The number of likely N-dealkylation sites (tertiary alicyclic amines) is 1. The Labute approximate surface area is 175 Å². The molecular weight excluding hydrogens is 408 g/mol. The van der Waals surface area contributed by atoms with Gasteiger partial charge in [-0.1, -0.05) is 0 Å². The lowest BCUT2D eigenvalue weighted by Crippen LogP contribution is -2.40. The molecule has 0 radical (unpaired) electrons. The predicted molar refractivity (Wildman–Crippen MR) is 110 cm³/mol. The van der Waals surface area contributed by atoms with Gasteiger partial charge in [-0.15, -0.1) is 0 Å². The summed E-state index contributed by atoms with van der Waals surface area (Å²) in [5.74, 6) is 0.155. The maximum absolute atomic E-state index is 12.5. The number of nitrogens with zero attached hydrogens (tertiary/aromatic N) is 1. The second-order valence-electron chi connectivity index (χ2n) is 6.99. The van der Waals surface area contributed by atoms with Gasteiger partial charge in [0.05, 0.1) is 23.8 Å². The second kappa shape index (κ2) is 9.73. The van der Waals surface area contributed by atoms with Crippen molar-refractivity contribution in [3.05, 3.63) is 60.1 Å². The van der Waals surface area contributed by atoms with Gasteiger partial charge in [0.15, 0.2) is 0 Å². The number of piperidine rings is 1. The third kappa shape index (κ3) is 5.58. The molecule has 1 amide bonds. The van der Waals surface area contributed by atoms with Crippen LogP contribution in [-0.4, -0.2) is 51.9 Å². The molecule has 9 heteroatoms. The fourth-order valence-corrected chi connectivity index (χ4v) is 4.32. The summed E-state index contributed by atoms with van der Waals surface area (Å²) < 4.78 is 37.4. The zero-order chi connectivity index (χ0) is 21.6. The fraction of sp³-hybridized carbons (Fsp3) is 0.333. The number of hydrogen-bond donors (Lipinski definition) is 1. The van der Waals surface area contributed by atoms with Crippen LogP contribution in [0.5, 0.6) is 0 Å². The number of benzene rings is 1. The summed E-state index contributed by atoms with van der Waals surface area (Å²) in [5.41, 5.74) is 0.287. The summed E-state index contributed by atoms with van der Waals surface area (Å²) in [7, 11) is -2.41. The molecule has 1 N–H and O–H groups in total. The molecule has 1 saturated heterocycles. The van der Waals surface area contributed by atoms with Crippen molar-refractivity contribution in [3.63, 3.8) is 0 Å². The smallest absolute Gasteiger partial charge is 0.337 e. The Kier molecular flexibility index (Phi) is 7.07. The van der Waals surface area contributed by atoms with Gasteiger partial charge in [0, 0.05) is 25.7 Å². The molecule has 30 heavy (non-hydrogen) atoms. The van der Waals surface area contributed by atoms with Gasteiger partial charge < -0.3 is 14.1 Å². The summed E-state index contributed by atoms with van der Waals surface area (Å²) in [6.07, 6.45) is 6.09. The first-order chi connectivity index (χ1) is 14.4. The van der Waals surface area contributed by atoms with E-state index < -0.39 is 16.0 Å². The first-order valence-electron chi connectivity index (χ1n) is 9.57. The highest BCUT2D eigenvalue weighted by Gasteiger charge is 2.23. The van der Waals surface area contributed by atoms with Gasteiger partial charge in [0.1, 0.15) is 5.76 Å². The first kappa shape index (κ1) is 21.8. The topological polar surface area (TPSA) is 106 Å². The molecule has 1 aromatic heterocycles. The summed E-state index contributed by atoms with van der Waals surface area (Å²) in [6.45, 7) is 1.44. The zero-order valence-corrected chi connectivity index (χ0v) is 17.4. The number of hydrogen-bond acceptors (Lipinski definition) is 6. The fourth-order valence-electron chi connectivity index (χ4n) is 3.20. The molecule has 0 aliphatic carbocycles. The Hall–Kier alpha value is -2.91. The number of sulfonamides is 1. The maximum Gasteiger partial charge on any atom is 0.337 e. The summed E-state index contributed by atoms with van der Waals surface area (Å²) in [4.78, 5) is 25.5. The molecule has 0 bridgehead atoms. The first-order valence-corrected chi connectivity index (χ1v) is 11.1. The molecule has 2 heterocycles. The van der Waals surface area contributed by atoms with E-state index >= 15 is 0 Å². The zero-order valence-electron chi connectivity index (χ0n) is 16.6. The van der Waals surface area contributed by atoms with Crippen LogP contribution in [0, 0.1) is 5.92 Å². The monoisotopic (exact) mass is 432 g/mol. The minimum absolute atomic E-state index is 0.0869. The Morgan fingerprint density at radius 3 is 2.50 bits per heavy atom. The van der Waals surface area contributed by atoms with E-state index in [0.717, 1.165) is 0 Å². The van der Waals surface area contributed by atoms with Gasteiger partial charge in [-0.2, -0.15) is 0 Å². The Bertz CT molecular complexity index is 989. The Morgan fingerprint density at radius 1 is 1.20 bits per heavy atom. The average Bonchev–Trinajstić information content (AvgIpc) is 3.30. The molecule has 2 aromatic rings. The van der Waals surface area contributed by atoms with Gasteiger partial charge in [-0.3, -0.25) is 4.79 Å². The molecule has 0 spiro atoms. The number of amides is 1. The lowest BCUT2D eigenvalue weighted by atomic mass is 9.97. The van der Waals surface area contributed by atoms with E-state index in [1.165, 1.54) is 37.5 Å². The van der Waals surface area contributed by atoms with Crippen LogP contribution in [0.1, 0.15) is 29.0 Å². The highest BCUT2D eigenvalue weighted by atomic mass is 32.2. The van der Waals surface area contributed by atoms with Crippen LogP contribution in [0.3, 0.4) is 0 Å². The van der Waals surface area contributed by atoms with Crippen LogP contribution in [0.15, 0.2) is 58.1 Å². The quantitative estimate of drug-likeness (QED) is 0.532. The van der Waals surface area contributed by atoms with E-state index in [1.807, 2.05) is 0 Å². The predicted octanol–water partition coefficient (Wildman–Crippen LogP) is 2.30. The number of furan rings is 1. The van der Waals surface area contributed by atoms with Crippen molar-refractivity contribution in [1.82, 2.24) is 9.62 Å². The molecular formula is C21H24N2O6S. The van der Waals surface area contributed by atoms with E-state index in [1.54, 1.807) is 29.4 Å². The highest BCUT2D eigenvalue weighted by molar-refractivity contribution is 7.89. The normalized spacial score (nSPS) is 15.4. The average molecular weight is 432 g/mol. The molecule has 0 unspecified atom stereocenters. The molecule has 0 atom stereocenters. The molecule has 8 nitrogen and oxygen atoms in total. The van der Waals surface area contributed by atoms with Gasteiger partial charge in [0.25, 0.3) is 0 Å². The van der Waals surface area contributed by atoms with Crippen molar-refractivity contribution in [2.45, 2.75) is 17.7 Å². The molecule has 0 saturated carbocycles. The number of rotatable bonds is 7. The third-order valence-electron chi connectivity index (χ3n) is 5.01. The largest absolute Gasteiger partial charge is 0.465 e. The van der Waals surface area contributed by atoms with Gasteiger partial charge >= 0.3 is 5.97 Å². The minimum atomic E-state index is -3.68. The molecule has 1 aromatic carbocycles. The van der Waals surface area contributed by atoms with Gasteiger partial charge in [-0.25, -0.2) is 17.9 Å². The summed E-state index contributed by atoms with van der Waals surface area (Å²) >= 11 is 0. The number of nitrogens with one attached hydrogen (secondary N) is 1. The Balaban J connectivity index is 1.47. The number of ether oxygens (including phenoxy) is 1. The van der Waals surface area contributed by atoms with Crippen LogP contribution in [0.25, 0.3) is 6.08 Å². The van der Waals surface area contributed by atoms with Crippen molar-refractivity contribution in [3.8, 4) is 0 Å². The van der Waals surface area contributed by atoms with Crippen molar-refractivity contribution < 1.29 is 27.2 Å². The van der Waals surface area contributed by atoms with Crippen LogP contribution < -0.4 is 4.72 Å². The second-order valence-corrected chi connectivity index (χ2v) is 8.75. The summed E-state index contributed by atoms with van der Waals surface area (Å²) in [6, 6.07) is 9.11. The van der Waals surface area contributed by atoms with Gasteiger partial charge in [0.2, 0.25) is 15.9 Å². The van der Waals surface area contributed by atoms with E-state index in [2.05, 4.69) is 9.46 Å². The maximum atomic E-state index is 12.5. The molecule has 1 fully saturated rings. The van der Waals surface area contributed by atoms with Gasteiger partial charge in [-0.05, 0) is 61.2 Å². The van der Waals surface area contributed by atoms with Crippen LogP contribution in [0.4, 0.5) is 0 Å². The summed E-state index contributed by atoms with van der Waals surface area (Å²) in [5, 5.41) is 0. The number of esters is 1. The van der Waals surface area contributed by atoms with Crippen molar-refractivity contribution in [1.29, 1.82) is 0 Å². The number of carbonyl (C=O) groups excluding carboxylic acids is 2. The standard InChI is InChI=1S/C21H24N2O6S/c1-28-21(25)17-4-7-19(8-5-17)30(26,27)22-15-16-10-12-23(13-11-16)20(24)9-6-18-3-2-14-29-18/h2-9,14,16,22H,10-13,15H2,1H3. The van der Waals surface area contributed by atoms with Crippen molar-refractivity contribution in [2.75, 3.05) is 26.7 Å². The Morgan fingerprint density at radius 2 is 1.90 bits per heavy atom. The third-order valence-corrected chi connectivity index (χ3v) is 6.45. The van der Waals surface area contributed by atoms with Crippen LogP contribution in [0.2, 0.25) is 0 Å². The minimum Gasteiger partial charge on any atom is -0.465 e. The van der Waals surface area contributed by atoms with Crippen molar-refractivity contribution in [2.24, 2.45) is 5.92 Å². The van der Waals surface area contributed by atoms with Crippen LogP contribution in [-0.2, 0) is 19.6 Å². The van der Waals surface area contributed by atoms with Crippen LogP contribution >= 0.6 is 0 Å². The highest BCUT2D eigenvalue weighted by Crippen LogP contribution is 2.18. The lowest BCUT2D eigenvalue weighted by molar-refractivity contribution is -0.127. The van der Waals surface area contributed by atoms with E-state index in [-0.39, 0.29) is 22.3 Å². The van der Waals surface area contributed by atoms with E-state index in [0.29, 0.717) is 38.2 Å². The molecule has 3 rings (SSSR count).